The second kappa shape index (κ2) is 15.6. The highest BCUT2D eigenvalue weighted by molar-refractivity contribution is 6.33. The van der Waals surface area contributed by atoms with Crippen molar-refractivity contribution in [3.8, 4) is 11.4 Å². The van der Waals surface area contributed by atoms with Crippen LogP contribution in [-0.2, 0) is 26.9 Å². The smallest absolute Gasteiger partial charge is 0.418 e. The Morgan fingerprint density at radius 3 is 2.32 bits per heavy atom. The van der Waals surface area contributed by atoms with E-state index in [1.165, 1.54) is 33.9 Å². The van der Waals surface area contributed by atoms with Crippen LogP contribution in [0.3, 0.4) is 0 Å². The summed E-state index contributed by atoms with van der Waals surface area (Å²) in [5.74, 6) is -0.135. The zero-order chi connectivity index (χ0) is 37.9. The zero-order valence-corrected chi connectivity index (χ0v) is 29.3. The first-order valence-electron chi connectivity index (χ1n) is 16.8. The number of methoxy groups -OCH3 is 1. The van der Waals surface area contributed by atoms with Gasteiger partial charge in [0.25, 0.3) is 5.91 Å². The molecule has 53 heavy (non-hydrogen) atoms. The third-order valence-corrected chi connectivity index (χ3v) is 9.59. The quantitative estimate of drug-likeness (QED) is 0.194. The molecule has 2 aliphatic heterocycles. The summed E-state index contributed by atoms with van der Waals surface area (Å²) in [5.41, 5.74) is 4.46. The number of likely N-dealkylation sites (tertiary alicyclic amines) is 1. The van der Waals surface area contributed by atoms with Crippen LogP contribution in [0.25, 0.3) is 11.4 Å². The van der Waals surface area contributed by atoms with Crippen molar-refractivity contribution in [1.29, 1.82) is 0 Å². The van der Waals surface area contributed by atoms with Gasteiger partial charge in [-0.3, -0.25) is 9.78 Å². The van der Waals surface area contributed by atoms with Crippen LogP contribution in [0.5, 0.6) is 0 Å². The summed E-state index contributed by atoms with van der Waals surface area (Å²) in [5, 5.41) is 4.11. The maximum absolute atomic E-state index is 14.0. The maximum atomic E-state index is 14.0. The number of hydrogen-bond acceptors (Lipinski definition) is 10. The first-order valence-corrected chi connectivity index (χ1v) is 17.1. The summed E-state index contributed by atoms with van der Waals surface area (Å²) in [6.07, 6.45) is -5.41. The van der Waals surface area contributed by atoms with E-state index in [9.17, 15) is 32.3 Å². The Bertz CT molecular complexity index is 2010. The van der Waals surface area contributed by atoms with E-state index in [1.807, 2.05) is 35.2 Å². The summed E-state index contributed by atoms with van der Waals surface area (Å²) in [7, 11) is 1.27. The first-order chi connectivity index (χ1) is 25.3. The Labute approximate surface area is 306 Å². The van der Waals surface area contributed by atoms with Crippen LogP contribution in [0.1, 0.15) is 40.4 Å². The normalized spacial score (nSPS) is 16.0. The molecule has 0 aliphatic carbocycles. The van der Waals surface area contributed by atoms with Gasteiger partial charge in [-0.25, -0.2) is 24.0 Å². The van der Waals surface area contributed by atoms with Crippen molar-refractivity contribution in [1.82, 2.24) is 29.5 Å². The summed E-state index contributed by atoms with van der Waals surface area (Å²) in [6, 6.07) is 14.1. The van der Waals surface area contributed by atoms with Gasteiger partial charge in [-0.05, 0) is 42.7 Å². The molecule has 2 aromatic carbocycles. The molecule has 4 aromatic rings. The highest BCUT2D eigenvalue weighted by atomic mass is 35.5. The molecule has 0 bridgehead atoms. The van der Waals surface area contributed by atoms with Gasteiger partial charge in [-0.1, -0.05) is 41.9 Å². The van der Waals surface area contributed by atoms with Crippen molar-refractivity contribution in [2.24, 2.45) is 0 Å². The van der Waals surface area contributed by atoms with E-state index in [1.54, 1.807) is 12.1 Å². The van der Waals surface area contributed by atoms with Gasteiger partial charge in [0.2, 0.25) is 0 Å². The molecular weight excluding hydrogens is 721 g/mol. The van der Waals surface area contributed by atoms with Gasteiger partial charge < -0.3 is 29.9 Å². The summed E-state index contributed by atoms with van der Waals surface area (Å²) in [4.78, 5) is 63.9. The SMILES string of the molecule is COC(=O)c1ccc(N2CCN(C(=O)[C@@H](Cc3cc(Cl)c(N)c(C(F)(F)F)c3)OC(=O)N3CCC(n4nc(-c5ccccc5)[nH]c4=O)CC3)CC2)nc1. The van der Waals surface area contributed by atoms with E-state index in [2.05, 4.69) is 15.1 Å². The number of piperazine rings is 1. The van der Waals surface area contributed by atoms with Crippen molar-refractivity contribution in [3.63, 3.8) is 0 Å². The number of ether oxygens (including phenoxy) is 2. The summed E-state index contributed by atoms with van der Waals surface area (Å²) < 4.78 is 53.3. The van der Waals surface area contributed by atoms with Gasteiger partial charge in [0.15, 0.2) is 11.9 Å². The zero-order valence-electron chi connectivity index (χ0n) is 28.5. The summed E-state index contributed by atoms with van der Waals surface area (Å²) >= 11 is 6.08. The lowest BCUT2D eigenvalue weighted by atomic mass is 10.0. The van der Waals surface area contributed by atoms with Crippen LogP contribution >= 0.6 is 11.6 Å². The number of nitrogen functional groups attached to an aromatic ring is 1. The number of anilines is 2. The lowest BCUT2D eigenvalue weighted by molar-refractivity contribution is -0.141. The number of aromatic amines is 1. The number of benzene rings is 2. The van der Waals surface area contributed by atoms with Crippen LogP contribution in [0, 0.1) is 0 Å². The van der Waals surface area contributed by atoms with Gasteiger partial charge in [-0.15, -0.1) is 5.10 Å². The lowest BCUT2D eigenvalue weighted by Crippen LogP contribution is -2.53. The minimum atomic E-state index is -4.82. The van der Waals surface area contributed by atoms with E-state index >= 15 is 0 Å². The second-order valence-corrected chi connectivity index (χ2v) is 13.0. The molecule has 0 radical (unpaired) electrons. The Morgan fingerprint density at radius 1 is 1.00 bits per heavy atom. The standard InChI is InChI=1S/C35H36ClF3N8O6/c1-52-32(49)23-7-8-28(41-20-23)44-13-15-45(16-14-44)31(48)27(19-21-17-25(35(37,38)39)29(40)26(36)18-21)53-34(51)46-11-9-24(10-12-46)47-33(50)42-30(43-47)22-5-3-2-4-6-22/h2-8,17-18,20,24,27H,9-16,19,40H2,1H3,(H,42,43,50)/t27-/m1/s1. The number of aromatic nitrogens is 4. The number of hydrogen-bond donors (Lipinski definition) is 2. The van der Waals surface area contributed by atoms with Crippen molar-refractivity contribution in [3.05, 3.63) is 93.0 Å². The van der Waals surface area contributed by atoms with Crippen LogP contribution < -0.4 is 16.3 Å². The average molecular weight is 757 g/mol. The molecule has 1 atom stereocenters. The number of alkyl halides is 3. The highest BCUT2D eigenvalue weighted by Crippen LogP contribution is 2.38. The predicted molar refractivity (Wildman–Crippen MR) is 187 cm³/mol. The van der Waals surface area contributed by atoms with Crippen LogP contribution in [-0.4, -0.2) is 100 Å². The number of nitrogens with two attached hydrogens (primary N) is 1. The minimum absolute atomic E-state index is 0.00189. The fraction of sp³-hybridized carbons (Fsp3) is 0.371. The Kier molecular flexibility index (Phi) is 10.9. The van der Waals surface area contributed by atoms with E-state index in [4.69, 9.17) is 26.8 Å². The molecule has 18 heteroatoms. The number of rotatable bonds is 8. The molecule has 0 unspecified atom stereocenters. The number of carbonyl (C=O) groups is 3. The molecule has 2 saturated heterocycles. The van der Waals surface area contributed by atoms with Crippen molar-refractivity contribution < 1.29 is 37.0 Å². The molecule has 2 aliphatic rings. The fourth-order valence-electron chi connectivity index (χ4n) is 6.39. The number of halogens is 4. The number of piperidine rings is 1. The molecule has 2 amide bonds. The molecular formula is C35H36ClF3N8O6. The Hall–Kier alpha value is -5.58. The Morgan fingerprint density at radius 2 is 1.70 bits per heavy atom. The predicted octanol–water partition coefficient (Wildman–Crippen LogP) is 4.41. The Balaban J connectivity index is 1.15. The van der Waals surface area contributed by atoms with Crippen molar-refractivity contribution in [2.45, 2.75) is 37.6 Å². The van der Waals surface area contributed by atoms with Gasteiger partial charge in [0.05, 0.1) is 35.0 Å². The van der Waals surface area contributed by atoms with Crippen molar-refractivity contribution >= 4 is 41.1 Å². The summed E-state index contributed by atoms with van der Waals surface area (Å²) in [6.45, 7) is 1.42. The lowest BCUT2D eigenvalue weighted by Gasteiger charge is -2.37. The third-order valence-electron chi connectivity index (χ3n) is 9.28. The third kappa shape index (κ3) is 8.40. The number of pyridine rings is 1. The number of nitrogens with zero attached hydrogens (tertiary/aromatic N) is 6. The first kappa shape index (κ1) is 37.2. The second-order valence-electron chi connectivity index (χ2n) is 12.6. The molecule has 3 N–H and O–H groups in total. The largest absolute Gasteiger partial charge is 0.465 e. The molecule has 0 spiro atoms. The molecule has 6 rings (SSSR count). The number of H-pyrrole nitrogens is 1. The van der Waals surface area contributed by atoms with E-state index in [0.717, 1.165) is 11.6 Å². The van der Waals surface area contributed by atoms with Crippen LogP contribution in [0.15, 0.2) is 65.6 Å². The fourth-order valence-corrected chi connectivity index (χ4v) is 6.63. The van der Waals surface area contributed by atoms with Crippen LogP contribution in [0.2, 0.25) is 5.02 Å². The number of amides is 2. The van der Waals surface area contributed by atoms with Crippen molar-refractivity contribution in [2.75, 3.05) is 57.0 Å². The number of esters is 1. The van der Waals surface area contributed by atoms with E-state index in [-0.39, 0.29) is 54.1 Å². The molecule has 2 aromatic heterocycles. The number of carbonyl (C=O) groups excluding carboxylic acids is 3. The van der Waals surface area contributed by atoms with Crippen LogP contribution in [0.4, 0.5) is 29.5 Å². The molecule has 0 saturated carbocycles. The van der Waals surface area contributed by atoms with Gasteiger partial charge in [-0.2, -0.15) is 13.2 Å². The molecule has 14 nitrogen and oxygen atoms in total. The highest BCUT2D eigenvalue weighted by Gasteiger charge is 2.37. The van der Waals surface area contributed by atoms with E-state index in [0.29, 0.717) is 37.6 Å². The molecule has 4 heterocycles. The van der Waals surface area contributed by atoms with Gasteiger partial charge in [0.1, 0.15) is 5.82 Å². The van der Waals surface area contributed by atoms with Gasteiger partial charge >= 0.3 is 23.9 Å². The topological polar surface area (TPSA) is 169 Å². The number of nitrogens with one attached hydrogen (secondary N) is 1. The average Bonchev–Trinajstić information content (AvgIpc) is 3.56. The maximum Gasteiger partial charge on any atom is 0.418 e. The minimum Gasteiger partial charge on any atom is -0.465 e. The molecule has 280 valence electrons. The van der Waals surface area contributed by atoms with E-state index < -0.39 is 47.9 Å². The monoisotopic (exact) mass is 756 g/mol. The molecule has 2 fully saturated rings. The van der Waals surface area contributed by atoms with Gasteiger partial charge in [0, 0.05) is 57.4 Å².